The maximum Gasteiger partial charge on any atom is 0.230 e. The van der Waals surface area contributed by atoms with Crippen LogP contribution in [0.3, 0.4) is 0 Å². The molecule has 4 nitrogen and oxygen atoms in total. The van der Waals surface area contributed by atoms with E-state index in [1.807, 2.05) is 32.0 Å². The minimum absolute atomic E-state index is 0. The number of halogens is 2. The van der Waals surface area contributed by atoms with E-state index in [9.17, 15) is 4.79 Å². The highest BCUT2D eigenvalue weighted by molar-refractivity contribution is 6.30. The molecule has 0 aromatic heterocycles. The number of rotatable bonds is 8. The summed E-state index contributed by atoms with van der Waals surface area (Å²) in [5, 5.41) is 6.76. The molecule has 0 fully saturated rings. The molecular formula is C15H24Cl2N2O2. The number of nitrogens with one attached hydrogen (secondary N) is 2. The van der Waals surface area contributed by atoms with Crippen molar-refractivity contribution >= 4 is 29.9 Å². The van der Waals surface area contributed by atoms with Crippen molar-refractivity contribution in [2.24, 2.45) is 0 Å². The summed E-state index contributed by atoms with van der Waals surface area (Å²) >= 11 is 5.98. The molecule has 0 atom stereocenters. The normalized spacial score (nSPS) is 10.9. The summed E-state index contributed by atoms with van der Waals surface area (Å²) in [6, 6.07) is 7.41. The predicted octanol–water partition coefficient (Wildman–Crippen LogP) is 2.39. The van der Waals surface area contributed by atoms with E-state index in [-0.39, 0.29) is 18.3 Å². The van der Waals surface area contributed by atoms with Gasteiger partial charge in [-0.05, 0) is 31.5 Å². The molecular weight excluding hydrogens is 311 g/mol. The molecule has 1 amide bonds. The molecule has 1 aromatic rings. The molecule has 1 rings (SSSR count). The van der Waals surface area contributed by atoms with Crippen LogP contribution in [0.1, 0.15) is 19.4 Å². The Labute approximate surface area is 138 Å². The minimum atomic E-state index is -0.600. The summed E-state index contributed by atoms with van der Waals surface area (Å²) in [5.41, 5.74) is 0.312. The molecule has 6 heteroatoms. The SMILES string of the molecule is COCCNCCNC(=O)C(C)(C)c1cccc(Cl)c1.Cl. The average Bonchev–Trinajstić information content (AvgIpc) is 2.42. The van der Waals surface area contributed by atoms with E-state index in [2.05, 4.69) is 10.6 Å². The number of carbonyl (C=O) groups is 1. The highest BCUT2D eigenvalue weighted by Crippen LogP contribution is 2.25. The van der Waals surface area contributed by atoms with Gasteiger partial charge in [0.2, 0.25) is 5.91 Å². The quantitative estimate of drug-likeness (QED) is 0.717. The highest BCUT2D eigenvalue weighted by Gasteiger charge is 2.29. The first-order chi connectivity index (χ1) is 9.48. The van der Waals surface area contributed by atoms with Gasteiger partial charge in [-0.3, -0.25) is 4.79 Å². The van der Waals surface area contributed by atoms with Crippen LogP contribution < -0.4 is 10.6 Å². The first-order valence-corrected chi connectivity index (χ1v) is 7.10. The van der Waals surface area contributed by atoms with Crippen molar-refractivity contribution in [3.63, 3.8) is 0 Å². The van der Waals surface area contributed by atoms with Crippen molar-refractivity contribution in [1.29, 1.82) is 0 Å². The van der Waals surface area contributed by atoms with Gasteiger partial charge >= 0.3 is 0 Å². The largest absolute Gasteiger partial charge is 0.383 e. The third kappa shape index (κ3) is 6.66. The van der Waals surface area contributed by atoms with Crippen molar-refractivity contribution in [3.05, 3.63) is 34.9 Å². The summed E-state index contributed by atoms with van der Waals surface area (Å²) < 4.78 is 4.93. The van der Waals surface area contributed by atoms with E-state index in [0.29, 0.717) is 18.2 Å². The van der Waals surface area contributed by atoms with Gasteiger partial charge in [-0.2, -0.15) is 0 Å². The first kappa shape index (κ1) is 20.2. The summed E-state index contributed by atoms with van der Waals surface area (Å²) in [7, 11) is 1.66. The van der Waals surface area contributed by atoms with Gasteiger partial charge in [0.1, 0.15) is 0 Å². The molecule has 0 heterocycles. The number of amides is 1. The number of carbonyl (C=O) groups excluding carboxylic acids is 1. The van der Waals surface area contributed by atoms with Gasteiger partial charge in [-0.25, -0.2) is 0 Å². The zero-order valence-electron chi connectivity index (χ0n) is 12.7. The van der Waals surface area contributed by atoms with E-state index in [4.69, 9.17) is 16.3 Å². The van der Waals surface area contributed by atoms with Crippen LogP contribution in [0.15, 0.2) is 24.3 Å². The second-order valence-electron chi connectivity index (χ2n) is 5.13. The van der Waals surface area contributed by atoms with Gasteiger partial charge in [-0.1, -0.05) is 23.7 Å². The second-order valence-corrected chi connectivity index (χ2v) is 5.57. The Morgan fingerprint density at radius 3 is 2.62 bits per heavy atom. The minimum Gasteiger partial charge on any atom is -0.383 e. The van der Waals surface area contributed by atoms with Gasteiger partial charge in [0.15, 0.2) is 0 Å². The average molecular weight is 335 g/mol. The lowest BCUT2D eigenvalue weighted by atomic mass is 9.84. The standard InChI is InChI=1S/C15H23ClN2O2.ClH/c1-15(2,12-5-4-6-13(16)11-12)14(19)18-8-7-17-9-10-20-3;/h4-6,11,17H,7-10H2,1-3H3,(H,18,19);1H. The summed E-state index contributed by atoms with van der Waals surface area (Å²) in [6.07, 6.45) is 0. The van der Waals surface area contributed by atoms with E-state index < -0.39 is 5.41 Å². The van der Waals surface area contributed by atoms with Crippen molar-refractivity contribution in [3.8, 4) is 0 Å². The second kappa shape index (κ2) is 10.0. The maximum absolute atomic E-state index is 12.3. The molecule has 0 bridgehead atoms. The Bertz CT molecular complexity index is 439. The van der Waals surface area contributed by atoms with Crippen LogP contribution in [-0.2, 0) is 14.9 Å². The topological polar surface area (TPSA) is 50.4 Å². The Morgan fingerprint density at radius 1 is 1.29 bits per heavy atom. The van der Waals surface area contributed by atoms with Crippen molar-refractivity contribution in [2.45, 2.75) is 19.3 Å². The van der Waals surface area contributed by atoms with E-state index in [1.165, 1.54) is 0 Å². The first-order valence-electron chi connectivity index (χ1n) is 6.72. The molecule has 21 heavy (non-hydrogen) atoms. The molecule has 1 aromatic carbocycles. The van der Waals surface area contributed by atoms with Gasteiger partial charge in [0.25, 0.3) is 0 Å². The fraction of sp³-hybridized carbons (Fsp3) is 0.533. The van der Waals surface area contributed by atoms with Crippen LogP contribution in [0.2, 0.25) is 5.02 Å². The number of hydrogen-bond donors (Lipinski definition) is 2. The molecule has 0 aliphatic heterocycles. The smallest absolute Gasteiger partial charge is 0.230 e. The maximum atomic E-state index is 12.3. The Kier molecular flexibility index (Phi) is 9.62. The van der Waals surface area contributed by atoms with Gasteiger partial charge in [-0.15, -0.1) is 12.4 Å². The number of benzene rings is 1. The highest BCUT2D eigenvalue weighted by atomic mass is 35.5. The summed E-state index contributed by atoms with van der Waals surface area (Å²) in [4.78, 5) is 12.3. The third-order valence-corrected chi connectivity index (χ3v) is 3.42. The molecule has 2 N–H and O–H groups in total. The lowest BCUT2D eigenvalue weighted by Crippen LogP contribution is -2.42. The van der Waals surface area contributed by atoms with Crippen LogP contribution >= 0.6 is 24.0 Å². The lowest BCUT2D eigenvalue weighted by molar-refractivity contribution is -0.125. The molecule has 0 aliphatic rings. The molecule has 0 saturated carbocycles. The Hall–Kier alpha value is -0.810. The summed E-state index contributed by atoms with van der Waals surface area (Å²) in [5.74, 6) is -0.00620. The van der Waals surface area contributed by atoms with Gasteiger partial charge < -0.3 is 15.4 Å². The predicted molar refractivity (Wildman–Crippen MR) is 89.5 cm³/mol. The van der Waals surface area contributed by atoms with Gasteiger partial charge in [0, 0.05) is 31.8 Å². The number of methoxy groups -OCH3 is 1. The van der Waals surface area contributed by atoms with E-state index >= 15 is 0 Å². The van der Waals surface area contributed by atoms with Crippen LogP contribution in [0.25, 0.3) is 0 Å². The van der Waals surface area contributed by atoms with Crippen molar-refractivity contribution in [1.82, 2.24) is 10.6 Å². The van der Waals surface area contributed by atoms with Crippen LogP contribution in [0.5, 0.6) is 0 Å². The van der Waals surface area contributed by atoms with Crippen LogP contribution in [0.4, 0.5) is 0 Å². The zero-order chi connectivity index (χ0) is 15.0. The number of ether oxygens (including phenoxy) is 1. The molecule has 120 valence electrons. The fourth-order valence-electron chi connectivity index (χ4n) is 1.79. The Balaban J connectivity index is 0.00000400. The summed E-state index contributed by atoms with van der Waals surface area (Å²) in [6.45, 7) is 6.55. The van der Waals surface area contributed by atoms with Crippen molar-refractivity contribution < 1.29 is 9.53 Å². The third-order valence-electron chi connectivity index (χ3n) is 3.18. The van der Waals surface area contributed by atoms with E-state index in [0.717, 1.165) is 18.7 Å². The zero-order valence-corrected chi connectivity index (χ0v) is 14.3. The molecule has 0 unspecified atom stereocenters. The van der Waals surface area contributed by atoms with E-state index in [1.54, 1.807) is 13.2 Å². The fourth-order valence-corrected chi connectivity index (χ4v) is 1.98. The monoisotopic (exact) mass is 334 g/mol. The molecule has 0 radical (unpaired) electrons. The molecule has 0 spiro atoms. The molecule has 0 aliphatic carbocycles. The van der Waals surface area contributed by atoms with Crippen LogP contribution in [0, 0.1) is 0 Å². The lowest BCUT2D eigenvalue weighted by Gasteiger charge is -2.24. The number of hydrogen-bond acceptors (Lipinski definition) is 3. The van der Waals surface area contributed by atoms with Gasteiger partial charge in [0.05, 0.1) is 12.0 Å². The van der Waals surface area contributed by atoms with Crippen LogP contribution in [-0.4, -0.2) is 39.3 Å². The Morgan fingerprint density at radius 2 is 2.00 bits per heavy atom. The molecule has 0 saturated heterocycles. The van der Waals surface area contributed by atoms with Crippen molar-refractivity contribution in [2.75, 3.05) is 33.4 Å².